The first-order chi connectivity index (χ1) is 18.0. The third kappa shape index (κ3) is 7.36. The molecule has 0 saturated carbocycles. The van der Waals surface area contributed by atoms with Crippen molar-refractivity contribution in [3.05, 3.63) is 87.6 Å². The topological polar surface area (TPSA) is 68.7 Å². The average Bonchev–Trinajstić information content (AvgIpc) is 3.23. The van der Waals surface area contributed by atoms with Gasteiger partial charge in [-0.2, -0.15) is 0 Å². The van der Waals surface area contributed by atoms with Crippen molar-refractivity contribution >= 4 is 23.5 Å². The van der Waals surface area contributed by atoms with Gasteiger partial charge in [0, 0.05) is 51.2 Å². The summed E-state index contributed by atoms with van der Waals surface area (Å²) in [7, 11) is 0. The van der Waals surface area contributed by atoms with E-state index in [1.54, 1.807) is 18.3 Å². The third-order valence-corrected chi connectivity index (χ3v) is 6.95. The molecule has 7 nitrogen and oxygen atoms in total. The molecule has 1 aromatic heterocycles. The largest absolute Gasteiger partial charge is 0.362 e. The summed E-state index contributed by atoms with van der Waals surface area (Å²) in [4.78, 5) is 22.2. The summed E-state index contributed by atoms with van der Waals surface area (Å²) in [5, 5.41) is 7.38. The van der Waals surface area contributed by atoms with E-state index in [2.05, 4.69) is 56.4 Å². The molecule has 0 unspecified atom stereocenters. The lowest BCUT2D eigenvalue weighted by molar-refractivity contribution is 0.185. The Hall–Kier alpha value is -3.30. The Kier molecular flexibility index (Phi) is 9.62. The van der Waals surface area contributed by atoms with E-state index >= 15 is 0 Å². The Balaban J connectivity index is 1.24. The van der Waals surface area contributed by atoms with Gasteiger partial charge < -0.3 is 10.2 Å². The molecule has 9 heteroatoms. The highest BCUT2D eigenvalue weighted by atomic mass is 32.1. The predicted octanol–water partition coefficient (Wildman–Crippen LogP) is 3.41. The van der Waals surface area contributed by atoms with E-state index in [4.69, 9.17) is 12.2 Å². The van der Waals surface area contributed by atoms with Gasteiger partial charge in [-0.3, -0.25) is 19.8 Å². The van der Waals surface area contributed by atoms with Crippen molar-refractivity contribution in [1.82, 2.24) is 24.9 Å². The highest BCUT2D eigenvalue weighted by Gasteiger charge is 2.18. The molecule has 1 saturated heterocycles. The van der Waals surface area contributed by atoms with Crippen LogP contribution in [0.4, 0.5) is 4.39 Å². The van der Waals surface area contributed by atoms with E-state index in [1.165, 1.54) is 22.4 Å². The van der Waals surface area contributed by atoms with Crippen LogP contribution < -0.4 is 10.9 Å². The number of halogens is 1. The van der Waals surface area contributed by atoms with Crippen LogP contribution in [0.15, 0.2) is 64.4 Å². The maximum absolute atomic E-state index is 13.3. The molecule has 2 heterocycles. The second kappa shape index (κ2) is 13.3. The fraction of sp³-hybridized carbons (Fsp3) is 0.393. The van der Waals surface area contributed by atoms with Crippen LogP contribution in [0.25, 0.3) is 5.69 Å². The first kappa shape index (κ1) is 26.8. The number of thiocarbonyl (C=S) groups is 1. The molecule has 1 fully saturated rings. The number of aromatic nitrogens is 2. The van der Waals surface area contributed by atoms with Crippen LogP contribution in [0, 0.1) is 5.82 Å². The van der Waals surface area contributed by atoms with Gasteiger partial charge in [0.25, 0.3) is 5.56 Å². The molecule has 4 rings (SSSR count). The molecule has 0 aliphatic carbocycles. The first-order valence-corrected chi connectivity index (χ1v) is 13.3. The van der Waals surface area contributed by atoms with E-state index in [9.17, 15) is 9.18 Å². The number of H-pyrrole nitrogens is 1. The van der Waals surface area contributed by atoms with Crippen molar-refractivity contribution in [2.24, 2.45) is 4.99 Å². The van der Waals surface area contributed by atoms with Crippen LogP contribution in [0.5, 0.6) is 0 Å². The molecule has 1 aliphatic heterocycles. The number of aliphatic imine (C=N–C) groups is 1. The molecule has 0 atom stereocenters. The van der Waals surface area contributed by atoms with Gasteiger partial charge in [0.2, 0.25) is 0 Å². The number of aromatic amines is 1. The minimum absolute atomic E-state index is 0.166. The van der Waals surface area contributed by atoms with Crippen LogP contribution >= 0.6 is 12.2 Å². The van der Waals surface area contributed by atoms with Gasteiger partial charge in [0.1, 0.15) is 5.82 Å². The SMILES string of the molecule is CCCc1[nH]n(-c2ccc(F)cc2)c(=O)c1C=NCCN1CCN(C(=S)NCCc2ccccc2)CC1. The van der Waals surface area contributed by atoms with Crippen molar-refractivity contribution in [3.8, 4) is 5.69 Å². The van der Waals surface area contributed by atoms with E-state index in [0.29, 0.717) is 17.8 Å². The van der Waals surface area contributed by atoms with Crippen LogP contribution in [-0.2, 0) is 12.8 Å². The van der Waals surface area contributed by atoms with Crippen LogP contribution in [0.1, 0.15) is 30.2 Å². The normalized spacial score (nSPS) is 14.4. The summed E-state index contributed by atoms with van der Waals surface area (Å²) in [6.45, 7) is 7.99. The number of piperazine rings is 1. The minimum atomic E-state index is -0.332. The summed E-state index contributed by atoms with van der Waals surface area (Å²) >= 11 is 5.60. The van der Waals surface area contributed by atoms with Crippen LogP contribution in [0.2, 0.25) is 0 Å². The van der Waals surface area contributed by atoms with Gasteiger partial charge in [-0.1, -0.05) is 43.7 Å². The van der Waals surface area contributed by atoms with Gasteiger partial charge in [0.15, 0.2) is 5.11 Å². The zero-order chi connectivity index (χ0) is 26.0. The number of aryl methyl sites for hydroxylation is 1. The van der Waals surface area contributed by atoms with Crippen LogP contribution in [-0.4, -0.2) is 76.7 Å². The smallest absolute Gasteiger partial charge is 0.280 e. The van der Waals surface area contributed by atoms with Crippen LogP contribution in [0.3, 0.4) is 0 Å². The second-order valence-corrected chi connectivity index (χ2v) is 9.59. The van der Waals surface area contributed by atoms with Crippen molar-refractivity contribution in [3.63, 3.8) is 0 Å². The summed E-state index contributed by atoms with van der Waals surface area (Å²) in [6, 6.07) is 16.3. The maximum Gasteiger partial charge on any atom is 0.280 e. The molecule has 0 bridgehead atoms. The van der Waals surface area contributed by atoms with Crippen molar-refractivity contribution < 1.29 is 4.39 Å². The zero-order valence-electron chi connectivity index (χ0n) is 21.3. The molecule has 2 aromatic carbocycles. The summed E-state index contributed by atoms with van der Waals surface area (Å²) in [5.41, 5.74) is 3.17. The van der Waals surface area contributed by atoms with Crippen molar-refractivity contribution in [2.45, 2.75) is 26.2 Å². The lowest BCUT2D eigenvalue weighted by atomic mass is 10.1. The predicted molar refractivity (Wildman–Crippen MR) is 152 cm³/mol. The number of hydrogen-bond acceptors (Lipinski definition) is 4. The van der Waals surface area contributed by atoms with Gasteiger partial charge in [-0.25, -0.2) is 9.07 Å². The van der Waals surface area contributed by atoms with Crippen molar-refractivity contribution in [2.75, 3.05) is 45.8 Å². The molecule has 0 spiro atoms. The van der Waals surface area contributed by atoms with Gasteiger partial charge in [0.05, 0.1) is 17.8 Å². The van der Waals surface area contributed by atoms with E-state index < -0.39 is 0 Å². The molecular weight excluding hydrogens is 487 g/mol. The highest BCUT2D eigenvalue weighted by molar-refractivity contribution is 7.80. The van der Waals surface area contributed by atoms with Gasteiger partial charge in [-0.15, -0.1) is 0 Å². The summed E-state index contributed by atoms with van der Waals surface area (Å²) < 4.78 is 14.8. The molecule has 196 valence electrons. The Labute approximate surface area is 223 Å². The molecule has 1 aliphatic rings. The average molecular weight is 523 g/mol. The van der Waals surface area contributed by atoms with E-state index in [0.717, 1.165) is 69.3 Å². The third-order valence-electron chi connectivity index (χ3n) is 6.55. The second-order valence-electron chi connectivity index (χ2n) is 9.20. The molecule has 37 heavy (non-hydrogen) atoms. The lowest BCUT2D eigenvalue weighted by Gasteiger charge is -2.36. The van der Waals surface area contributed by atoms with E-state index in [-0.39, 0.29) is 11.4 Å². The van der Waals surface area contributed by atoms with Gasteiger partial charge >= 0.3 is 0 Å². The highest BCUT2D eigenvalue weighted by Crippen LogP contribution is 2.10. The quantitative estimate of drug-likeness (QED) is 0.316. The summed E-state index contributed by atoms with van der Waals surface area (Å²) in [5.74, 6) is -0.332. The first-order valence-electron chi connectivity index (χ1n) is 12.9. The zero-order valence-corrected chi connectivity index (χ0v) is 22.1. The minimum Gasteiger partial charge on any atom is -0.362 e. The van der Waals surface area contributed by atoms with Gasteiger partial charge in [-0.05, 0) is 54.9 Å². The fourth-order valence-electron chi connectivity index (χ4n) is 4.44. The number of benzene rings is 2. The number of rotatable bonds is 10. The molecule has 0 amide bonds. The molecule has 3 aromatic rings. The fourth-order valence-corrected chi connectivity index (χ4v) is 4.73. The Bertz CT molecular complexity index is 1230. The lowest BCUT2D eigenvalue weighted by Crippen LogP contribution is -2.52. The molecular formula is C28H35FN6OS. The Morgan fingerprint density at radius 2 is 1.81 bits per heavy atom. The standard InChI is InChI=1S/C28H35FN6OS/c1-2-6-26-25(27(36)35(32-26)24-11-9-23(29)10-12-24)21-30-15-16-33-17-19-34(20-18-33)28(37)31-14-13-22-7-4-3-5-8-22/h3-5,7-12,21,32H,2,6,13-20H2,1H3,(H,31,37). The van der Waals surface area contributed by atoms with E-state index in [1.807, 2.05) is 6.07 Å². The monoisotopic (exact) mass is 522 g/mol. The number of nitrogens with zero attached hydrogens (tertiary/aromatic N) is 4. The maximum atomic E-state index is 13.3. The number of hydrogen-bond donors (Lipinski definition) is 2. The van der Waals surface area contributed by atoms with Crippen molar-refractivity contribution in [1.29, 1.82) is 0 Å². The Morgan fingerprint density at radius 1 is 1.08 bits per heavy atom. The summed E-state index contributed by atoms with van der Waals surface area (Å²) in [6.07, 6.45) is 4.28. The molecule has 0 radical (unpaired) electrons. The Morgan fingerprint density at radius 3 is 2.51 bits per heavy atom. The number of nitrogens with one attached hydrogen (secondary N) is 2. The molecule has 2 N–H and O–H groups in total.